The van der Waals surface area contributed by atoms with Crippen molar-refractivity contribution in [3.05, 3.63) is 58.7 Å². The van der Waals surface area contributed by atoms with Crippen molar-refractivity contribution >= 4 is 25.4 Å². The summed E-state index contributed by atoms with van der Waals surface area (Å²) in [7, 11) is 0. The molecule has 0 fully saturated rings. The van der Waals surface area contributed by atoms with Gasteiger partial charge in [0.25, 0.3) is 0 Å². The molecule has 0 spiro atoms. The van der Waals surface area contributed by atoms with E-state index in [1.807, 2.05) is 18.2 Å². The van der Waals surface area contributed by atoms with Gasteiger partial charge in [0, 0.05) is 0 Å². The number of aromatic hydroxyl groups is 1. The zero-order valence-corrected chi connectivity index (χ0v) is 19.5. The van der Waals surface area contributed by atoms with Crippen LogP contribution >= 0.6 is 0 Å². The van der Waals surface area contributed by atoms with Gasteiger partial charge < -0.3 is 0 Å². The van der Waals surface area contributed by atoms with Crippen molar-refractivity contribution in [1.82, 2.24) is 0 Å². The molecule has 0 bridgehead atoms. The Morgan fingerprint density at radius 2 is 1.76 bits per heavy atom. The van der Waals surface area contributed by atoms with Crippen molar-refractivity contribution < 1.29 is 14.6 Å². The molecule has 0 saturated carbocycles. The molecule has 0 heterocycles. The molecule has 1 aliphatic rings. The predicted octanol–water partition coefficient (Wildman–Crippen LogP) is 4.26. The number of carbonyl (C=O) groups is 1. The van der Waals surface area contributed by atoms with Crippen LogP contribution in [0.2, 0.25) is 0 Å². The molecule has 2 aromatic rings. The molecule has 29 heavy (non-hydrogen) atoms. The third-order valence-corrected chi connectivity index (χ3v) is 7.05. The van der Waals surface area contributed by atoms with Crippen molar-refractivity contribution in [2.45, 2.75) is 58.3 Å². The number of benzene rings is 2. The second kappa shape index (κ2) is 8.26. The summed E-state index contributed by atoms with van der Waals surface area (Å²) in [5, 5.41) is 10.8. The number of ether oxygens (including phenoxy) is 1. The number of esters is 1. The zero-order valence-electron chi connectivity index (χ0n) is 17.8. The number of phenolic OH excluding ortho intramolecular Hbond substituents is 1. The minimum atomic E-state index is -0.314. The number of rotatable bonds is 3. The van der Waals surface area contributed by atoms with Gasteiger partial charge in [-0.05, 0) is 0 Å². The molecular formula is C25H28O3Se. The molecule has 3 rings (SSSR count). The Labute approximate surface area is 180 Å². The van der Waals surface area contributed by atoms with E-state index in [9.17, 15) is 9.90 Å². The monoisotopic (exact) mass is 456 g/mol. The standard InChI is InChI=1S/C25H28O3Se/c1-6-28-23(27)18-9-7-17(8-10-18)11-14-29-19-15-20-22(21(26)16-19)25(4,5)13-12-24(20,2)3/h7-10,15-16,26H,6,12-13H2,1-5H3. The Hall–Kier alpha value is -2.21. The van der Waals surface area contributed by atoms with Crippen molar-refractivity contribution in [1.29, 1.82) is 0 Å². The summed E-state index contributed by atoms with van der Waals surface area (Å²) >= 11 is -0.0655. The van der Waals surface area contributed by atoms with Crippen LogP contribution in [0.3, 0.4) is 0 Å². The van der Waals surface area contributed by atoms with Gasteiger partial charge in [-0.3, -0.25) is 0 Å². The molecule has 0 atom stereocenters. The number of carbonyl (C=O) groups excluding carboxylic acids is 1. The van der Waals surface area contributed by atoms with E-state index >= 15 is 0 Å². The second-order valence-electron chi connectivity index (χ2n) is 8.76. The average molecular weight is 455 g/mol. The van der Waals surface area contributed by atoms with Gasteiger partial charge >= 0.3 is 180 Å². The van der Waals surface area contributed by atoms with Crippen molar-refractivity contribution in [2.75, 3.05) is 6.61 Å². The predicted molar refractivity (Wildman–Crippen MR) is 118 cm³/mol. The Morgan fingerprint density at radius 3 is 2.41 bits per heavy atom. The summed E-state index contributed by atoms with van der Waals surface area (Å²) in [6, 6.07) is 11.3. The topological polar surface area (TPSA) is 46.5 Å². The molecule has 1 N–H and O–H groups in total. The molecule has 0 radical (unpaired) electrons. The molecule has 0 saturated heterocycles. The first-order valence-corrected chi connectivity index (χ1v) is 11.7. The molecule has 152 valence electrons. The number of phenols is 1. The molecule has 0 aromatic heterocycles. The summed E-state index contributed by atoms with van der Waals surface area (Å²) in [6.45, 7) is 11.1. The van der Waals surface area contributed by atoms with Crippen LogP contribution in [0.4, 0.5) is 0 Å². The van der Waals surface area contributed by atoms with Crippen molar-refractivity contribution in [3.63, 3.8) is 0 Å². The van der Waals surface area contributed by atoms with Crippen LogP contribution in [0.25, 0.3) is 0 Å². The van der Waals surface area contributed by atoms with Crippen LogP contribution in [0.15, 0.2) is 36.4 Å². The van der Waals surface area contributed by atoms with Gasteiger partial charge in [-0.25, -0.2) is 0 Å². The Morgan fingerprint density at radius 1 is 1.10 bits per heavy atom. The van der Waals surface area contributed by atoms with Gasteiger partial charge in [0.2, 0.25) is 0 Å². The summed E-state index contributed by atoms with van der Waals surface area (Å²) in [6.07, 6.45) is 2.19. The first-order chi connectivity index (χ1) is 13.6. The zero-order chi connectivity index (χ0) is 21.2. The van der Waals surface area contributed by atoms with Crippen LogP contribution < -0.4 is 4.46 Å². The first kappa shape index (κ1) is 21.5. The molecule has 2 aromatic carbocycles. The van der Waals surface area contributed by atoms with Crippen LogP contribution in [0.1, 0.15) is 74.5 Å². The summed E-state index contributed by atoms with van der Waals surface area (Å²) in [5.41, 5.74) is 3.80. The normalized spacial score (nSPS) is 16.3. The van der Waals surface area contributed by atoms with E-state index in [0.717, 1.165) is 28.4 Å². The first-order valence-electron chi connectivity index (χ1n) is 9.97. The van der Waals surface area contributed by atoms with E-state index in [2.05, 4.69) is 44.5 Å². The third kappa shape index (κ3) is 4.69. The summed E-state index contributed by atoms with van der Waals surface area (Å²) in [4.78, 5) is 15.0. The summed E-state index contributed by atoms with van der Waals surface area (Å²) in [5.74, 6) is 3.26. The minimum absolute atomic E-state index is 0.00713. The molecule has 4 heteroatoms. The van der Waals surface area contributed by atoms with Crippen molar-refractivity contribution in [3.8, 4) is 16.5 Å². The average Bonchev–Trinajstić information content (AvgIpc) is 2.66. The Bertz CT molecular complexity index is 976. The molecular weight excluding hydrogens is 427 g/mol. The fraction of sp³-hybridized carbons (Fsp3) is 0.400. The van der Waals surface area contributed by atoms with E-state index in [0.29, 0.717) is 17.9 Å². The van der Waals surface area contributed by atoms with E-state index in [1.54, 1.807) is 19.1 Å². The van der Waals surface area contributed by atoms with Crippen LogP contribution in [0, 0.1) is 10.7 Å². The SMILES string of the molecule is CCOC(=O)c1ccc(C#C[Se]c2cc(O)c3c(c2)C(C)(C)CCC3(C)C)cc1. The third-order valence-electron chi connectivity index (χ3n) is 5.63. The number of hydrogen-bond acceptors (Lipinski definition) is 3. The number of hydrogen-bond donors (Lipinski definition) is 1. The van der Waals surface area contributed by atoms with Crippen LogP contribution in [-0.2, 0) is 15.6 Å². The van der Waals surface area contributed by atoms with Gasteiger partial charge in [0.1, 0.15) is 0 Å². The molecule has 0 amide bonds. The van der Waals surface area contributed by atoms with Crippen molar-refractivity contribution in [2.24, 2.45) is 0 Å². The van der Waals surface area contributed by atoms with Gasteiger partial charge in [-0.2, -0.15) is 0 Å². The van der Waals surface area contributed by atoms with Gasteiger partial charge in [-0.15, -0.1) is 0 Å². The quantitative estimate of drug-likeness (QED) is 0.428. The van der Waals surface area contributed by atoms with E-state index in [4.69, 9.17) is 4.74 Å². The van der Waals surface area contributed by atoms with Crippen LogP contribution in [0.5, 0.6) is 5.75 Å². The fourth-order valence-electron chi connectivity index (χ4n) is 3.84. The molecule has 3 nitrogen and oxygen atoms in total. The number of fused-ring (bicyclic) bond motifs is 1. The van der Waals surface area contributed by atoms with E-state index < -0.39 is 0 Å². The Balaban J connectivity index is 1.81. The van der Waals surface area contributed by atoms with Gasteiger partial charge in [-0.1, -0.05) is 0 Å². The molecule has 0 unspecified atom stereocenters. The fourth-order valence-corrected chi connectivity index (χ4v) is 5.17. The van der Waals surface area contributed by atoms with Crippen LogP contribution in [-0.4, -0.2) is 32.6 Å². The maximum absolute atomic E-state index is 11.7. The molecule has 1 aliphatic carbocycles. The Kier molecular flexibility index (Phi) is 6.13. The summed E-state index contributed by atoms with van der Waals surface area (Å²) < 4.78 is 6.09. The maximum atomic E-state index is 11.7. The molecule has 0 aliphatic heterocycles. The van der Waals surface area contributed by atoms with Gasteiger partial charge in [0.05, 0.1) is 0 Å². The van der Waals surface area contributed by atoms with E-state index in [-0.39, 0.29) is 31.8 Å². The van der Waals surface area contributed by atoms with Gasteiger partial charge in [0.15, 0.2) is 0 Å². The van der Waals surface area contributed by atoms with E-state index in [1.165, 1.54) is 5.56 Å². The second-order valence-corrected chi connectivity index (χ2v) is 10.6.